The lowest BCUT2D eigenvalue weighted by atomic mass is 10.3. The number of aryl methyl sites for hydroxylation is 1. The van der Waals surface area contributed by atoms with E-state index >= 15 is 0 Å². The van der Waals surface area contributed by atoms with Crippen molar-refractivity contribution < 1.29 is 9.90 Å². The summed E-state index contributed by atoms with van der Waals surface area (Å²) in [5, 5.41) is 11.0. The van der Waals surface area contributed by atoms with Gasteiger partial charge in [-0.3, -0.25) is 9.36 Å². The number of benzene rings is 1. The molecule has 2 heterocycles. The van der Waals surface area contributed by atoms with Gasteiger partial charge in [0.2, 0.25) is 0 Å². The van der Waals surface area contributed by atoms with Gasteiger partial charge in [0.25, 0.3) is 0 Å². The summed E-state index contributed by atoms with van der Waals surface area (Å²) in [7, 11) is 0. The number of hydrogen-bond donors (Lipinski definition) is 1. The lowest BCUT2D eigenvalue weighted by Crippen LogP contribution is -2.01. The number of imidazole rings is 1. The molecule has 3 aromatic rings. The second-order valence-electron chi connectivity index (χ2n) is 4.90. The quantitative estimate of drug-likeness (QED) is 0.736. The number of aromatic nitrogens is 2. The number of para-hydroxylation sites is 2. The number of nitrogens with zero attached hydrogens (tertiary/aromatic N) is 2. The molecule has 1 aromatic carbocycles. The van der Waals surface area contributed by atoms with Crippen LogP contribution in [0.25, 0.3) is 16.7 Å². The van der Waals surface area contributed by atoms with E-state index in [1.54, 1.807) is 6.92 Å². The van der Waals surface area contributed by atoms with Crippen molar-refractivity contribution in [2.75, 3.05) is 6.61 Å². The number of fused-ring (bicyclic) bond motifs is 1. The van der Waals surface area contributed by atoms with Gasteiger partial charge in [-0.15, -0.1) is 11.3 Å². The zero-order valence-corrected chi connectivity index (χ0v) is 12.6. The maximum absolute atomic E-state index is 11.5. The van der Waals surface area contributed by atoms with Crippen LogP contribution in [0.15, 0.2) is 35.7 Å². The first-order chi connectivity index (χ1) is 10.2. The lowest BCUT2D eigenvalue weighted by Gasteiger charge is -2.06. The summed E-state index contributed by atoms with van der Waals surface area (Å²) in [5.41, 5.74) is 2.92. The monoisotopic (exact) mass is 300 g/mol. The molecule has 0 atom stereocenters. The van der Waals surface area contributed by atoms with E-state index in [1.807, 2.05) is 35.7 Å². The zero-order valence-electron chi connectivity index (χ0n) is 11.7. The number of ketones is 1. The predicted octanol–water partition coefficient (Wildman–Crippen LogP) is 3.21. The van der Waals surface area contributed by atoms with Crippen LogP contribution in [0.2, 0.25) is 0 Å². The Morgan fingerprint density at radius 3 is 2.90 bits per heavy atom. The SMILES string of the molecule is CC(=O)c1cc(-n2c(CCCO)nc3ccccc32)cs1. The van der Waals surface area contributed by atoms with Gasteiger partial charge in [0.1, 0.15) is 5.82 Å². The van der Waals surface area contributed by atoms with Gasteiger partial charge in [0.15, 0.2) is 5.78 Å². The third-order valence-electron chi connectivity index (χ3n) is 3.38. The molecule has 4 nitrogen and oxygen atoms in total. The molecule has 0 bridgehead atoms. The van der Waals surface area contributed by atoms with Crippen LogP contribution in [-0.2, 0) is 6.42 Å². The molecule has 21 heavy (non-hydrogen) atoms. The topological polar surface area (TPSA) is 55.1 Å². The van der Waals surface area contributed by atoms with Gasteiger partial charge >= 0.3 is 0 Å². The van der Waals surface area contributed by atoms with E-state index in [0.717, 1.165) is 27.4 Å². The van der Waals surface area contributed by atoms with E-state index in [-0.39, 0.29) is 12.4 Å². The summed E-state index contributed by atoms with van der Waals surface area (Å²) < 4.78 is 2.08. The van der Waals surface area contributed by atoms with Gasteiger partial charge < -0.3 is 5.11 Å². The minimum Gasteiger partial charge on any atom is -0.396 e. The van der Waals surface area contributed by atoms with Gasteiger partial charge in [-0.2, -0.15) is 0 Å². The normalized spacial score (nSPS) is 11.1. The molecule has 0 aliphatic heterocycles. The van der Waals surface area contributed by atoms with Crippen LogP contribution in [0.4, 0.5) is 0 Å². The molecule has 0 aliphatic rings. The van der Waals surface area contributed by atoms with E-state index in [4.69, 9.17) is 5.11 Å². The molecular weight excluding hydrogens is 284 g/mol. The maximum Gasteiger partial charge on any atom is 0.169 e. The Kier molecular flexibility index (Phi) is 3.86. The molecule has 108 valence electrons. The number of Topliss-reactive ketones (excluding diaryl/α,β-unsaturated/α-hetero) is 1. The number of rotatable bonds is 5. The highest BCUT2D eigenvalue weighted by Crippen LogP contribution is 2.26. The number of hydrogen-bond acceptors (Lipinski definition) is 4. The molecule has 0 saturated heterocycles. The van der Waals surface area contributed by atoms with Crippen LogP contribution in [0.1, 0.15) is 28.8 Å². The zero-order chi connectivity index (χ0) is 14.8. The number of carbonyl (C=O) groups excluding carboxylic acids is 1. The van der Waals surface area contributed by atoms with Crippen molar-refractivity contribution in [1.29, 1.82) is 0 Å². The van der Waals surface area contributed by atoms with Crippen molar-refractivity contribution >= 4 is 28.2 Å². The molecule has 0 spiro atoms. The van der Waals surface area contributed by atoms with Crippen molar-refractivity contribution in [2.45, 2.75) is 19.8 Å². The highest BCUT2D eigenvalue weighted by Gasteiger charge is 2.14. The first-order valence-electron chi connectivity index (χ1n) is 6.88. The Labute approximate surface area is 126 Å². The molecule has 0 radical (unpaired) electrons. The molecule has 2 aromatic heterocycles. The third kappa shape index (κ3) is 2.62. The van der Waals surface area contributed by atoms with E-state index in [0.29, 0.717) is 12.8 Å². The van der Waals surface area contributed by atoms with E-state index < -0.39 is 0 Å². The summed E-state index contributed by atoms with van der Waals surface area (Å²) in [5.74, 6) is 0.991. The first kappa shape index (κ1) is 14.0. The average molecular weight is 300 g/mol. The fraction of sp³-hybridized carbons (Fsp3) is 0.250. The fourth-order valence-electron chi connectivity index (χ4n) is 2.40. The average Bonchev–Trinajstić information content (AvgIpc) is 3.08. The van der Waals surface area contributed by atoms with Gasteiger partial charge in [0, 0.05) is 18.4 Å². The Hall–Kier alpha value is -1.98. The van der Waals surface area contributed by atoms with Crippen LogP contribution in [-0.4, -0.2) is 27.0 Å². The molecule has 1 N–H and O–H groups in total. The predicted molar refractivity (Wildman–Crippen MR) is 84.4 cm³/mol. The smallest absolute Gasteiger partial charge is 0.169 e. The lowest BCUT2D eigenvalue weighted by molar-refractivity contribution is 0.102. The largest absolute Gasteiger partial charge is 0.396 e. The molecule has 5 heteroatoms. The maximum atomic E-state index is 11.5. The Morgan fingerprint density at radius 1 is 1.38 bits per heavy atom. The van der Waals surface area contributed by atoms with Crippen LogP contribution >= 0.6 is 11.3 Å². The standard InChI is InChI=1S/C16H16N2O2S/c1-11(20)15-9-12(10-21-15)18-14-6-3-2-5-13(14)17-16(18)7-4-8-19/h2-3,5-6,9-10,19H,4,7-8H2,1H3. The minimum atomic E-state index is 0.0765. The van der Waals surface area contributed by atoms with Crippen LogP contribution in [0, 0.1) is 0 Å². The molecule has 3 rings (SSSR count). The second kappa shape index (κ2) is 5.79. The number of aliphatic hydroxyl groups is 1. The van der Waals surface area contributed by atoms with Gasteiger partial charge in [-0.1, -0.05) is 12.1 Å². The number of aliphatic hydroxyl groups excluding tert-OH is 1. The van der Waals surface area contributed by atoms with Crippen molar-refractivity contribution in [3.8, 4) is 5.69 Å². The third-order valence-corrected chi connectivity index (χ3v) is 4.40. The van der Waals surface area contributed by atoms with Crippen molar-refractivity contribution in [3.63, 3.8) is 0 Å². The Balaban J connectivity index is 2.15. The van der Waals surface area contributed by atoms with Crippen LogP contribution in [0.5, 0.6) is 0 Å². The van der Waals surface area contributed by atoms with Gasteiger partial charge in [0.05, 0.1) is 21.6 Å². The van der Waals surface area contributed by atoms with Crippen molar-refractivity contribution in [1.82, 2.24) is 9.55 Å². The summed E-state index contributed by atoms with van der Waals surface area (Å²) in [6.07, 6.45) is 1.38. The molecular formula is C16H16N2O2S. The van der Waals surface area contributed by atoms with E-state index in [1.165, 1.54) is 11.3 Å². The molecule has 0 fully saturated rings. The number of thiophene rings is 1. The summed E-state index contributed by atoms with van der Waals surface area (Å²) >= 11 is 1.45. The minimum absolute atomic E-state index is 0.0765. The van der Waals surface area contributed by atoms with Crippen LogP contribution in [0.3, 0.4) is 0 Å². The second-order valence-corrected chi connectivity index (χ2v) is 5.82. The highest BCUT2D eigenvalue weighted by molar-refractivity contribution is 7.12. The van der Waals surface area contributed by atoms with Gasteiger partial charge in [-0.05, 0) is 31.5 Å². The van der Waals surface area contributed by atoms with Crippen molar-refractivity contribution in [2.24, 2.45) is 0 Å². The Bertz CT molecular complexity index is 789. The highest BCUT2D eigenvalue weighted by atomic mass is 32.1. The Morgan fingerprint density at radius 2 is 2.19 bits per heavy atom. The van der Waals surface area contributed by atoms with E-state index in [9.17, 15) is 4.79 Å². The molecule has 0 amide bonds. The number of carbonyl (C=O) groups is 1. The fourth-order valence-corrected chi connectivity index (χ4v) is 3.17. The summed E-state index contributed by atoms with van der Waals surface area (Å²) in [4.78, 5) is 16.9. The molecule has 0 aliphatic carbocycles. The first-order valence-corrected chi connectivity index (χ1v) is 7.75. The summed E-state index contributed by atoms with van der Waals surface area (Å²) in [6.45, 7) is 1.72. The molecule has 0 unspecified atom stereocenters. The molecule has 0 saturated carbocycles. The van der Waals surface area contributed by atoms with E-state index in [2.05, 4.69) is 9.55 Å². The van der Waals surface area contributed by atoms with Crippen molar-refractivity contribution in [3.05, 3.63) is 46.4 Å². The van der Waals surface area contributed by atoms with Crippen LogP contribution < -0.4 is 0 Å². The summed E-state index contributed by atoms with van der Waals surface area (Å²) in [6, 6.07) is 9.85. The van der Waals surface area contributed by atoms with Gasteiger partial charge in [-0.25, -0.2) is 4.98 Å².